The Kier molecular flexibility index (Phi) is 10.1. The second-order valence-electron chi connectivity index (χ2n) is 19.9. The van der Waals surface area contributed by atoms with E-state index in [1.165, 1.54) is 88.1 Å². The maximum atomic E-state index is 2.50. The molecule has 3 nitrogen and oxygen atoms in total. The van der Waals surface area contributed by atoms with Crippen LogP contribution < -0.4 is 4.90 Å². The van der Waals surface area contributed by atoms with Gasteiger partial charge in [-0.1, -0.05) is 218 Å². The van der Waals surface area contributed by atoms with E-state index in [0.717, 1.165) is 39.6 Å². The average Bonchev–Trinajstić information content (AvgIpc) is 4.28. The summed E-state index contributed by atoms with van der Waals surface area (Å²) < 4.78 is 4.81. The first kappa shape index (κ1) is 43.6. The fraction of sp³-hybridized carbons (Fsp3) is 0.0137. The highest BCUT2D eigenvalue weighted by Crippen LogP contribution is 2.58. The molecule has 12 aromatic carbocycles. The maximum absolute atomic E-state index is 2.50. The summed E-state index contributed by atoms with van der Waals surface area (Å²) in [5.41, 5.74) is 21.9. The minimum absolute atomic E-state index is 0.567. The van der Waals surface area contributed by atoms with E-state index in [9.17, 15) is 0 Å². The molecule has 76 heavy (non-hydrogen) atoms. The third-order valence-corrected chi connectivity index (χ3v) is 16.0. The van der Waals surface area contributed by atoms with E-state index in [1.807, 2.05) is 0 Å². The number of para-hydroxylation sites is 5. The molecule has 2 aromatic heterocycles. The van der Waals surface area contributed by atoms with Gasteiger partial charge in [0, 0.05) is 49.9 Å². The fourth-order valence-electron chi connectivity index (χ4n) is 12.9. The van der Waals surface area contributed by atoms with E-state index in [0.29, 0.717) is 0 Å². The molecule has 1 aliphatic carbocycles. The zero-order chi connectivity index (χ0) is 50.2. The number of aromatic nitrogens is 2. The molecule has 0 saturated heterocycles. The lowest BCUT2D eigenvalue weighted by Gasteiger charge is -2.35. The summed E-state index contributed by atoms with van der Waals surface area (Å²) >= 11 is 0. The van der Waals surface area contributed by atoms with Crippen LogP contribution in [0, 0.1) is 0 Å². The largest absolute Gasteiger partial charge is 0.310 e. The van der Waals surface area contributed by atoms with E-state index in [1.54, 1.807) is 0 Å². The first-order valence-corrected chi connectivity index (χ1v) is 26.3. The number of benzene rings is 12. The van der Waals surface area contributed by atoms with Gasteiger partial charge in [0.1, 0.15) is 0 Å². The van der Waals surface area contributed by atoms with Crippen LogP contribution >= 0.6 is 0 Å². The molecule has 0 amide bonds. The number of rotatable bonds is 9. The molecular weight excluding hydrogens is 919 g/mol. The van der Waals surface area contributed by atoms with Gasteiger partial charge in [-0.2, -0.15) is 0 Å². The van der Waals surface area contributed by atoms with Crippen LogP contribution in [0.15, 0.2) is 297 Å². The van der Waals surface area contributed by atoms with Crippen LogP contribution in [0.2, 0.25) is 0 Å². The van der Waals surface area contributed by atoms with E-state index in [2.05, 4.69) is 311 Å². The van der Waals surface area contributed by atoms with Crippen molar-refractivity contribution in [3.63, 3.8) is 0 Å². The molecule has 0 spiro atoms. The van der Waals surface area contributed by atoms with Crippen molar-refractivity contribution in [2.24, 2.45) is 0 Å². The number of fused-ring (bicyclic) bond motifs is 9. The summed E-state index contributed by atoms with van der Waals surface area (Å²) in [6.07, 6.45) is 0. The summed E-state index contributed by atoms with van der Waals surface area (Å²) in [6.45, 7) is 0. The Labute approximate surface area is 442 Å². The molecule has 14 aromatic rings. The third kappa shape index (κ3) is 6.56. The van der Waals surface area contributed by atoms with Crippen molar-refractivity contribution < 1.29 is 0 Å². The van der Waals surface area contributed by atoms with Gasteiger partial charge in [-0.3, -0.25) is 0 Å². The van der Waals surface area contributed by atoms with Gasteiger partial charge in [0.05, 0.1) is 33.2 Å². The normalized spacial score (nSPS) is 12.6. The Morgan fingerprint density at radius 1 is 0.276 bits per heavy atom. The molecule has 0 radical (unpaired) electrons. The van der Waals surface area contributed by atoms with Gasteiger partial charge < -0.3 is 14.0 Å². The first-order chi connectivity index (χ1) is 37.8. The topological polar surface area (TPSA) is 13.1 Å². The van der Waals surface area contributed by atoms with E-state index >= 15 is 0 Å². The number of hydrogen-bond donors (Lipinski definition) is 0. The predicted molar refractivity (Wildman–Crippen MR) is 318 cm³/mol. The third-order valence-electron chi connectivity index (χ3n) is 16.0. The smallest absolute Gasteiger partial charge is 0.0714 e. The van der Waals surface area contributed by atoms with Gasteiger partial charge in [-0.25, -0.2) is 0 Å². The molecular formula is C73H49N3. The molecule has 0 atom stereocenters. The minimum atomic E-state index is -0.567. The summed E-state index contributed by atoms with van der Waals surface area (Å²) in [4.78, 5) is 2.50. The highest BCUT2D eigenvalue weighted by molar-refractivity contribution is 6.18. The molecule has 2 heterocycles. The van der Waals surface area contributed by atoms with Crippen molar-refractivity contribution in [2.75, 3.05) is 4.90 Å². The van der Waals surface area contributed by atoms with Crippen LogP contribution in [0.1, 0.15) is 22.3 Å². The minimum Gasteiger partial charge on any atom is -0.310 e. The Morgan fingerprint density at radius 2 is 0.711 bits per heavy atom. The lowest BCUT2D eigenvalue weighted by atomic mass is 9.67. The van der Waals surface area contributed by atoms with Crippen LogP contribution in [0.4, 0.5) is 17.1 Å². The quantitative estimate of drug-likeness (QED) is 0.140. The molecule has 356 valence electrons. The van der Waals surface area contributed by atoms with Crippen molar-refractivity contribution in [1.29, 1.82) is 0 Å². The molecule has 0 fully saturated rings. The Balaban J connectivity index is 0.975. The summed E-state index contributed by atoms with van der Waals surface area (Å²) in [7, 11) is 0. The van der Waals surface area contributed by atoms with Gasteiger partial charge in [-0.15, -0.1) is 0 Å². The second kappa shape index (κ2) is 17.6. The SMILES string of the molecule is c1ccc(-n2c3ccccc3c3c(-c4ccc(N(c5ccc6c(c5)C(c5ccccc5)(c5ccccc5)c5ccccc5-6)c5ccccc5-c5cccc6c5c5ccccc5n6-c5ccccc5)cc4)cccc32)cc1. The zero-order valence-electron chi connectivity index (χ0n) is 41.6. The standard InChI is InChI=1S/C73H49N3/c1-5-23-51(24-6-1)73(52-25-7-2-8-26-52)64-37-17-13-31-58(64)59-48-47-56(49-65(59)73)74(55-45-43-50(44-46-55)57-35-21-41-69-71(57)62-33-15-19-39-67(62)75(69)53-27-9-3-10-28-53)66-38-18-14-32-60(66)61-36-22-42-70-72(61)63-34-16-20-40-68(63)76(70)54-29-11-4-12-30-54/h1-49H. The van der Waals surface area contributed by atoms with Crippen LogP contribution in [-0.4, -0.2) is 9.13 Å². The molecule has 0 aliphatic heterocycles. The van der Waals surface area contributed by atoms with Crippen molar-refractivity contribution in [3.05, 3.63) is 320 Å². The lowest BCUT2D eigenvalue weighted by Crippen LogP contribution is -2.28. The van der Waals surface area contributed by atoms with Crippen LogP contribution in [0.3, 0.4) is 0 Å². The molecule has 15 rings (SSSR count). The Morgan fingerprint density at radius 3 is 1.32 bits per heavy atom. The van der Waals surface area contributed by atoms with Gasteiger partial charge >= 0.3 is 0 Å². The zero-order valence-corrected chi connectivity index (χ0v) is 41.6. The predicted octanol–water partition coefficient (Wildman–Crippen LogP) is 19.0. The van der Waals surface area contributed by atoms with Crippen molar-refractivity contribution in [3.8, 4) is 44.8 Å². The first-order valence-electron chi connectivity index (χ1n) is 26.3. The molecule has 0 saturated carbocycles. The average molecular weight is 968 g/mol. The van der Waals surface area contributed by atoms with Crippen LogP contribution in [-0.2, 0) is 5.41 Å². The highest BCUT2D eigenvalue weighted by atomic mass is 15.1. The summed E-state index contributed by atoms with van der Waals surface area (Å²) in [5, 5.41) is 4.93. The maximum Gasteiger partial charge on any atom is 0.0714 e. The van der Waals surface area contributed by atoms with Crippen molar-refractivity contribution >= 4 is 60.7 Å². The van der Waals surface area contributed by atoms with E-state index < -0.39 is 5.41 Å². The monoisotopic (exact) mass is 967 g/mol. The lowest BCUT2D eigenvalue weighted by molar-refractivity contribution is 0.768. The summed E-state index contributed by atoms with van der Waals surface area (Å²) in [5.74, 6) is 0. The second-order valence-corrected chi connectivity index (χ2v) is 19.9. The molecule has 0 N–H and O–H groups in total. The van der Waals surface area contributed by atoms with E-state index in [4.69, 9.17) is 0 Å². The molecule has 3 heteroatoms. The molecule has 0 unspecified atom stereocenters. The number of anilines is 3. The Hall–Kier alpha value is -9.96. The van der Waals surface area contributed by atoms with Gasteiger partial charge in [-0.05, 0) is 129 Å². The summed E-state index contributed by atoms with van der Waals surface area (Å²) in [6, 6.07) is 109. The van der Waals surface area contributed by atoms with Crippen molar-refractivity contribution in [2.45, 2.75) is 5.41 Å². The Bertz CT molecular complexity index is 4460. The fourth-order valence-corrected chi connectivity index (χ4v) is 12.9. The van der Waals surface area contributed by atoms with Gasteiger partial charge in [0.15, 0.2) is 0 Å². The number of nitrogens with zero attached hydrogens (tertiary/aromatic N) is 3. The van der Waals surface area contributed by atoms with Crippen LogP contribution in [0.5, 0.6) is 0 Å². The number of hydrogen-bond acceptors (Lipinski definition) is 1. The van der Waals surface area contributed by atoms with E-state index in [-0.39, 0.29) is 0 Å². The highest BCUT2D eigenvalue weighted by Gasteiger charge is 2.46. The molecule has 1 aliphatic rings. The van der Waals surface area contributed by atoms with Gasteiger partial charge in [0.25, 0.3) is 0 Å². The van der Waals surface area contributed by atoms with Crippen LogP contribution in [0.25, 0.3) is 88.4 Å². The van der Waals surface area contributed by atoms with Crippen molar-refractivity contribution in [1.82, 2.24) is 9.13 Å². The van der Waals surface area contributed by atoms with Gasteiger partial charge in [0.2, 0.25) is 0 Å². The molecule has 0 bridgehead atoms.